The Bertz CT molecular complexity index is 348. The van der Waals surface area contributed by atoms with Crippen molar-refractivity contribution in [3.8, 4) is 0 Å². The molecule has 4 nitrogen and oxygen atoms in total. The minimum Gasteiger partial charge on any atom is -0.350 e. The van der Waals surface area contributed by atoms with Crippen molar-refractivity contribution in [3.63, 3.8) is 0 Å². The fourth-order valence-corrected chi connectivity index (χ4v) is 1.99. The van der Waals surface area contributed by atoms with Crippen LogP contribution in [0.5, 0.6) is 0 Å². The summed E-state index contributed by atoms with van der Waals surface area (Å²) in [5, 5.41) is 3.44. The highest BCUT2D eigenvalue weighted by Crippen LogP contribution is 2.24. The molecule has 1 rings (SSSR count). The minimum absolute atomic E-state index is 0.0641. The zero-order chi connectivity index (χ0) is 11.3. The Morgan fingerprint density at radius 3 is 3.00 bits per heavy atom. The minimum atomic E-state index is -0.0641. The average molecular weight is 290 g/mol. The fraction of sp³-hybridized carbons (Fsp3) is 0.444. The van der Waals surface area contributed by atoms with Crippen LogP contribution in [0.1, 0.15) is 25.1 Å². The second-order valence-electron chi connectivity index (χ2n) is 2.84. The van der Waals surface area contributed by atoms with Gasteiger partial charge in [0.15, 0.2) is 5.16 Å². The molecule has 6 heteroatoms. The molecular weight excluding hydrogens is 278 g/mol. The Morgan fingerprint density at radius 1 is 1.73 bits per heavy atom. The number of rotatable bonds is 5. The first kappa shape index (κ1) is 12.4. The van der Waals surface area contributed by atoms with Crippen LogP contribution in [-0.4, -0.2) is 22.6 Å². The number of nitrogens with one attached hydrogen (secondary N) is 1. The maximum atomic E-state index is 10.4. The van der Waals surface area contributed by atoms with E-state index in [1.54, 1.807) is 6.20 Å². The van der Waals surface area contributed by atoms with Crippen LogP contribution in [0.25, 0.3) is 0 Å². The molecule has 0 aromatic carbocycles. The van der Waals surface area contributed by atoms with E-state index in [0.717, 1.165) is 16.6 Å². The molecule has 0 spiro atoms. The van der Waals surface area contributed by atoms with E-state index >= 15 is 0 Å². The normalized spacial score (nSPS) is 12.2. The number of hydrogen-bond donors (Lipinski definition) is 1. The SMILES string of the molecule is CCC(NC=O)c1nc(SC)ncc1Br. The molecule has 0 aliphatic rings. The van der Waals surface area contributed by atoms with Crippen LogP contribution in [0.15, 0.2) is 15.8 Å². The maximum absolute atomic E-state index is 10.4. The molecule has 0 aliphatic heterocycles. The first-order valence-corrected chi connectivity index (χ1v) is 6.50. The van der Waals surface area contributed by atoms with Gasteiger partial charge in [-0.25, -0.2) is 9.97 Å². The smallest absolute Gasteiger partial charge is 0.207 e. The molecule has 82 valence electrons. The molecule has 0 radical (unpaired) electrons. The highest BCUT2D eigenvalue weighted by Gasteiger charge is 2.14. The maximum Gasteiger partial charge on any atom is 0.207 e. The second-order valence-corrected chi connectivity index (χ2v) is 4.46. The average Bonchev–Trinajstić information content (AvgIpc) is 2.27. The van der Waals surface area contributed by atoms with E-state index in [1.807, 2.05) is 13.2 Å². The van der Waals surface area contributed by atoms with Gasteiger partial charge in [-0.15, -0.1) is 0 Å². The predicted octanol–water partition coefficient (Wildman–Crippen LogP) is 2.16. The van der Waals surface area contributed by atoms with Crippen molar-refractivity contribution in [3.05, 3.63) is 16.4 Å². The van der Waals surface area contributed by atoms with Crippen LogP contribution in [0.2, 0.25) is 0 Å². The standard InChI is InChI=1S/C9H12BrN3OS/c1-3-7(12-5-14)8-6(10)4-11-9(13-8)15-2/h4-5,7H,3H2,1-2H3,(H,12,14). The monoisotopic (exact) mass is 289 g/mol. The molecule has 0 fully saturated rings. The summed E-state index contributed by atoms with van der Waals surface area (Å²) in [7, 11) is 0. The molecule has 0 aliphatic carbocycles. The van der Waals surface area contributed by atoms with Gasteiger partial charge < -0.3 is 5.32 Å². The lowest BCUT2D eigenvalue weighted by Gasteiger charge is -2.14. The summed E-state index contributed by atoms with van der Waals surface area (Å²) in [4.78, 5) is 18.9. The van der Waals surface area contributed by atoms with Gasteiger partial charge in [0.2, 0.25) is 6.41 Å². The molecule has 1 amide bonds. The number of carbonyl (C=O) groups is 1. The van der Waals surface area contributed by atoms with Crippen LogP contribution in [0.4, 0.5) is 0 Å². The van der Waals surface area contributed by atoms with Gasteiger partial charge >= 0.3 is 0 Å². The zero-order valence-electron chi connectivity index (χ0n) is 8.53. The Hall–Kier alpha value is -0.620. The Morgan fingerprint density at radius 2 is 2.47 bits per heavy atom. The number of carbonyl (C=O) groups excluding carboxylic acids is 1. The van der Waals surface area contributed by atoms with Gasteiger partial charge in [0.1, 0.15) is 0 Å². The summed E-state index contributed by atoms with van der Waals surface area (Å²) in [6.45, 7) is 1.99. The van der Waals surface area contributed by atoms with Crippen molar-refractivity contribution in [2.24, 2.45) is 0 Å². The molecule has 1 heterocycles. The van der Waals surface area contributed by atoms with E-state index in [2.05, 4.69) is 31.2 Å². The summed E-state index contributed by atoms with van der Waals surface area (Å²) in [5.74, 6) is 0. The molecule has 1 unspecified atom stereocenters. The van der Waals surface area contributed by atoms with E-state index < -0.39 is 0 Å². The fourth-order valence-electron chi connectivity index (χ4n) is 1.18. The van der Waals surface area contributed by atoms with Crippen molar-refractivity contribution in [2.75, 3.05) is 6.26 Å². The quantitative estimate of drug-likeness (QED) is 0.513. The first-order chi connectivity index (χ1) is 7.22. The van der Waals surface area contributed by atoms with Crippen molar-refractivity contribution in [2.45, 2.75) is 24.5 Å². The summed E-state index contributed by atoms with van der Waals surface area (Å²) < 4.78 is 0.821. The van der Waals surface area contributed by atoms with Gasteiger partial charge in [-0.2, -0.15) is 0 Å². The molecular formula is C9H12BrN3OS. The lowest BCUT2D eigenvalue weighted by molar-refractivity contribution is -0.110. The van der Waals surface area contributed by atoms with Gasteiger partial charge in [-0.05, 0) is 28.6 Å². The predicted molar refractivity (Wildman–Crippen MR) is 63.7 cm³/mol. The molecule has 1 N–H and O–H groups in total. The van der Waals surface area contributed by atoms with Gasteiger partial charge in [0, 0.05) is 6.20 Å². The van der Waals surface area contributed by atoms with E-state index in [-0.39, 0.29) is 6.04 Å². The molecule has 0 saturated carbocycles. The third-order valence-electron chi connectivity index (χ3n) is 1.94. The highest BCUT2D eigenvalue weighted by molar-refractivity contribution is 9.10. The first-order valence-electron chi connectivity index (χ1n) is 4.49. The van der Waals surface area contributed by atoms with Crippen molar-refractivity contribution < 1.29 is 4.79 Å². The number of amides is 1. The largest absolute Gasteiger partial charge is 0.350 e. The molecule has 1 aromatic rings. The van der Waals surface area contributed by atoms with E-state index in [9.17, 15) is 4.79 Å². The van der Waals surface area contributed by atoms with Crippen LogP contribution in [0.3, 0.4) is 0 Å². The molecule has 0 bridgehead atoms. The molecule has 1 atom stereocenters. The lowest BCUT2D eigenvalue weighted by atomic mass is 10.1. The summed E-state index contributed by atoms with van der Waals surface area (Å²) in [6.07, 6.45) is 5.12. The van der Waals surface area contributed by atoms with Crippen molar-refractivity contribution in [1.29, 1.82) is 0 Å². The summed E-state index contributed by atoms with van der Waals surface area (Å²) in [6, 6.07) is -0.0641. The van der Waals surface area contributed by atoms with Gasteiger partial charge in [0.25, 0.3) is 0 Å². The number of thioether (sulfide) groups is 1. The summed E-state index contributed by atoms with van der Waals surface area (Å²) in [5.41, 5.74) is 0.823. The zero-order valence-corrected chi connectivity index (χ0v) is 10.9. The van der Waals surface area contributed by atoms with Gasteiger partial charge in [0.05, 0.1) is 16.2 Å². The Balaban J connectivity index is 3.03. The van der Waals surface area contributed by atoms with Crippen molar-refractivity contribution in [1.82, 2.24) is 15.3 Å². The van der Waals surface area contributed by atoms with Crippen LogP contribution in [-0.2, 0) is 4.79 Å². The second kappa shape index (κ2) is 6.07. The Labute approximate surface area is 101 Å². The number of halogens is 1. The van der Waals surface area contributed by atoms with Crippen LogP contribution in [0, 0.1) is 0 Å². The van der Waals surface area contributed by atoms with Crippen LogP contribution >= 0.6 is 27.7 Å². The van der Waals surface area contributed by atoms with Gasteiger partial charge in [-0.3, -0.25) is 4.79 Å². The van der Waals surface area contributed by atoms with E-state index in [4.69, 9.17) is 0 Å². The third-order valence-corrected chi connectivity index (χ3v) is 3.11. The number of aromatic nitrogens is 2. The lowest BCUT2D eigenvalue weighted by Crippen LogP contribution is -2.20. The Kier molecular flexibility index (Phi) is 5.04. The number of nitrogens with zero attached hydrogens (tertiary/aromatic N) is 2. The van der Waals surface area contributed by atoms with Crippen molar-refractivity contribution >= 4 is 34.1 Å². The molecule has 0 saturated heterocycles. The van der Waals surface area contributed by atoms with E-state index in [0.29, 0.717) is 11.6 Å². The topological polar surface area (TPSA) is 54.9 Å². The highest BCUT2D eigenvalue weighted by atomic mass is 79.9. The molecule has 15 heavy (non-hydrogen) atoms. The molecule has 1 aromatic heterocycles. The number of hydrogen-bond acceptors (Lipinski definition) is 4. The van der Waals surface area contributed by atoms with Crippen LogP contribution < -0.4 is 5.32 Å². The summed E-state index contributed by atoms with van der Waals surface area (Å²) >= 11 is 4.86. The third kappa shape index (κ3) is 3.17. The van der Waals surface area contributed by atoms with Gasteiger partial charge in [-0.1, -0.05) is 18.7 Å². The van der Waals surface area contributed by atoms with E-state index in [1.165, 1.54) is 11.8 Å².